The predicted octanol–water partition coefficient (Wildman–Crippen LogP) is 4.64. The van der Waals surface area contributed by atoms with E-state index in [4.69, 9.17) is 13.9 Å². The van der Waals surface area contributed by atoms with Crippen LogP contribution in [0.2, 0.25) is 18.1 Å². The molecule has 5 atom stereocenters. The Labute approximate surface area is 149 Å². The van der Waals surface area contributed by atoms with Crippen LogP contribution in [0.5, 0.6) is 0 Å². The predicted molar refractivity (Wildman–Crippen MR) is 101 cm³/mol. The van der Waals surface area contributed by atoms with Gasteiger partial charge in [-0.05, 0) is 32.0 Å². The van der Waals surface area contributed by atoms with Crippen molar-refractivity contribution in [1.82, 2.24) is 0 Å². The van der Waals surface area contributed by atoms with Crippen molar-refractivity contribution in [3.05, 3.63) is 0 Å². The molecule has 0 saturated carbocycles. The van der Waals surface area contributed by atoms with Crippen LogP contribution in [0.3, 0.4) is 0 Å². The highest BCUT2D eigenvalue weighted by Gasteiger charge is 2.45. The van der Waals surface area contributed by atoms with Crippen LogP contribution in [0.1, 0.15) is 55.4 Å². The summed E-state index contributed by atoms with van der Waals surface area (Å²) in [6, 6.07) is 0. The number of aldehydes is 1. The first-order valence-corrected chi connectivity index (χ1v) is 12.1. The second-order valence-corrected chi connectivity index (χ2v) is 14.2. The van der Waals surface area contributed by atoms with Crippen molar-refractivity contribution in [2.75, 3.05) is 6.61 Å². The van der Waals surface area contributed by atoms with E-state index in [1.165, 1.54) is 0 Å². The van der Waals surface area contributed by atoms with Crippen LogP contribution >= 0.6 is 0 Å². The largest absolute Gasteiger partial charge is 0.413 e. The molecule has 142 valence electrons. The fourth-order valence-electron chi connectivity index (χ4n) is 3.01. The minimum absolute atomic E-state index is 0.0194. The maximum atomic E-state index is 11.5. The molecule has 1 aliphatic rings. The van der Waals surface area contributed by atoms with E-state index in [0.717, 1.165) is 6.29 Å². The number of rotatable bonds is 6. The summed E-state index contributed by atoms with van der Waals surface area (Å²) in [5.41, 5.74) is 0. The van der Waals surface area contributed by atoms with E-state index in [2.05, 4.69) is 47.7 Å². The lowest BCUT2D eigenvalue weighted by molar-refractivity contribution is -0.304. The van der Waals surface area contributed by atoms with E-state index in [-0.39, 0.29) is 35.0 Å². The van der Waals surface area contributed by atoms with Crippen molar-refractivity contribution in [1.29, 1.82) is 0 Å². The first kappa shape index (κ1) is 21.8. The smallest absolute Gasteiger partial charge is 0.192 e. The molecule has 5 heteroatoms. The van der Waals surface area contributed by atoms with Gasteiger partial charge in [0.1, 0.15) is 6.29 Å². The van der Waals surface area contributed by atoms with E-state index in [9.17, 15) is 4.79 Å². The van der Waals surface area contributed by atoms with Gasteiger partial charge in [-0.25, -0.2) is 0 Å². The SMILES string of the molecule is C[C@H]([C@@H](O[Si](C)(C)C(C)(C)C)[C@@H](C)C=O)[C@@H]1OC(C)(C)OC[C@H]1C. The van der Waals surface area contributed by atoms with Gasteiger partial charge in [-0.2, -0.15) is 0 Å². The quantitative estimate of drug-likeness (QED) is 0.513. The van der Waals surface area contributed by atoms with E-state index in [0.29, 0.717) is 6.61 Å². The van der Waals surface area contributed by atoms with Crippen LogP contribution < -0.4 is 0 Å². The summed E-state index contributed by atoms with van der Waals surface area (Å²) >= 11 is 0. The van der Waals surface area contributed by atoms with Crippen LogP contribution in [-0.2, 0) is 18.7 Å². The molecule has 4 nitrogen and oxygen atoms in total. The topological polar surface area (TPSA) is 44.8 Å². The minimum Gasteiger partial charge on any atom is -0.413 e. The summed E-state index contributed by atoms with van der Waals surface area (Å²) in [5, 5.41) is 0.106. The standard InChI is InChI=1S/C19H38O4Si/c1-13(11-20)17(23-24(9,10)18(4,5)6)15(3)16-14(2)12-21-19(7,8)22-16/h11,13-17H,12H2,1-10H3/t13-,14+,15-,16+,17-/m0/s1. The number of hydrogen-bond acceptors (Lipinski definition) is 4. The molecule has 0 aromatic heterocycles. The number of ether oxygens (including phenoxy) is 2. The Hall–Kier alpha value is -0.233. The molecule has 24 heavy (non-hydrogen) atoms. The Bertz CT molecular complexity index is 428. The molecule has 0 N–H and O–H groups in total. The van der Waals surface area contributed by atoms with Crippen LogP contribution in [0.15, 0.2) is 0 Å². The molecule has 1 saturated heterocycles. The Morgan fingerprint density at radius 1 is 1.25 bits per heavy atom. The lowest BCUT2D eigenvalue weighted by Gasteiger charge is -2.47. The van der Waals surface area contributed by atoms with Crippen molar-refractivity contribution in [2.45, 2.75) is 91.5 Å². The van der Waals surface area contributed by atoms with Gasteiger partial charge in [-0.15, -0.1) is 0 Å². The molecule has 0 aromatic rings. The number of carbonyl (C=O) groups is 1. The summed E-state index contributed by atoms with van der Waals surface area (Å²) in [5.74, 6) is -0.344. The Morgan fingerprint density at radius 2 is 1.79 bits per heavy atom. The Kier molecular flexibility index (Phi) is 6.87. The molecule has 0 bridgehead atoms. The molecule has 0 aromatic carbocycles. The molecule has 1 aliphatic heterocycles. The third kappa shape index (κ3) is 5.13. The molecular formula is C19H38O4Si. The summed E-state index contributed by atoms with van der Waals surface area (Å²) < 4.78 is 18.7. The first-order valence-electron chi connectivity index (χ1n) is 9.17. The zero-order valence-electron chi connectivity index (χ0n) is 17.3. The number of carbonyl (C=O) groups excluding carboxylic acids is 1. The van der Waals surface area contributed by atoms with Gasteiger partial charge in [0.2, 0.25) is 0 Å². The van der Waals surface area contributed by atoms with E-state index in [1.807, 2.05) is 20.8 Å². The summed E-state index contributed by atoms with van der Waals surface area (Å²) in [6.07, 6.45) is 0.902. The van der Waals surface area contributed by atoms with Gasteiger partial charge in [-0.3, -0.25) is 0 Å². The van der Waals surface area contributed by atoms with Gasteiger partial charge in [0.15, 0.2) is 14.1 Å². The van der Waals surface area contributed by atoms with Gasteiger partial charge < -0.3 is 18.7 Å². The molecule has 1 rings (SSSR count). The van der Waals surface area contributed by atoms with Gasteiger partial charge >= 0.3 is 0 Å². The van der Waals surface area contributed by atoms with Crippen molar-refractivity contribution < 1.29 is 18.7 Å². The average Bonchev–Trinajstić information content (AvgIpc) is 2.44. The van der Waals surface area contributed by atoms with Crippen molar-refractivity contribution >= 4 is 14.6 Å². The van der Waals surface area contributed by atoms with E-state index >= 15 is 0 Å². The highest BCUT2D eigenvalue weighted by molar-refractivity contribution is 6.74. The Balaban J connectivity index is 3.05. The molecule has 0 spiro atoms. The lowest BCUT2D eigenvalue weighted by Crippen LogP contribution is -2.54. The molecule has 0 unspecified atom stereocenters. The van der Waals surface area contributed by atoms with Gasteiger partial charge in [0.05, 0.1) is 18.8 Å². The maximum absolute atomic E-state index is 11.5. The molecule has 0 amide bonds. The number of hydrogen-bond donors (Lipinski definition) is 0. The highest BCUT2D eigenvalue weighted by Crippen LogP contribution is 2.41. The second kappa shape index (κ2) is 7.56. The molecular weight excluding hydrogens is 320 g/mol. The third-order valence-electron chi connectivity index (χ3n) is 5.68. The lowest BCUT2D eigenvalue weighted by atomic mass is 9.84. The average molecular weight is 359 g/mol. The van der Waals surface area contributed by atoms with Gasteiger partial charge in [-0.1, -0.05) is 41.5 Å². The van der Waals surface area contributed by atoms with Crippen molar-refractivity contribution in [3.63, 3.8) is 0 Å². The highest BCUT2D eigenvalue weighted by atomic mass is 28.4. The fourth-order valence-corrected chi connectivity index (χ4v) is 4.47. The first-order chi connectivity index (χ1) is 10.7. The fraction of sp³-hybridized carbons (Fsp3) is 0.947. The molecule has 0 radical (unpaired) electrons. The monoisotopic (exact) mass is 358 g/mol. The van der Waals surface area contributed by atoms with Gasteiger partial charge in [0, 0.05) is 17.8 Å². The van der Waals surface area contributed by atoms with Crippen LogP contribution in [0.4, 0.5) is 0 Å². The van der Waals surface area contributed by atoms with Crippen molar-refractivity contribution in [2.24, 2.45) is 17.8 Å². The molecule has 1 fully saturated rings. The van der Waals surface area contributed by atoms with Gasteiger partial charge in [0.25, 0.3) is 0 Å². The van der Waals surface area contributed by atoms with Crippen LogP contribution in [0.25, 0.3) is 0 Å². The van der Waals surface area contributed by atoms with Crippen LogP contribution in [-0.4, -0.2) is 39.2 Å². The van der Waals surface area contributed by atoms with E-state index < -0.39 is 14.1 Å². The summed E-state index contributed by atoms with van der Waals surface area (Å²) in [6.45, 7) is 22.0. The van der Waals surface area contributed by atoms with E-state index in [1.54, 1.807) is 0 Å². The Morgan fingerprint density at radius 3 is 2.25 bits per heavy atom. The second-order valence-electron chi connectivity index (χ2n) is 9.47. The zero-order chi connectivity index (χ0) is 18.9. The summed E-state index contributed by atoms with van der Waals surface area (Å²) in [7, 11) is -1.98. The minimum atomic E-state index is -1.98. The molecule has 1 heterocycles. The molecule has 0 aliphatic carbocycles. The van der Waals surface area contributed by atoms with Crippen LogP contribution in [0, 0.1) is 17.8 Å². The maximum Gasteiger partial charge on any atom is 0.192 e. The summed E-state index contributed by atoms with van der Waals surface area (Å²) in [4.78, 5) is 11.5. The normalized spacial score (nSPS) is 28.9. The third-order valence-corrected chi connectivity index (χ3v) is 10.2. The van der Waals surface area contributed by atoms with Crippen molar-refractivity contribution in [3.8, 4) is 0 Å². The zero-order valence-corrected chi connectivity index (χ0v) is 18.3.